The van der Waals surface area contributed by atoms with Gasteiger partial charge >= 0.3 is 6.09 Å². The van der Waals surface area contributed by atoms with Crippen LogP contribution in [0.2, 0.25) is 0 Å². The topological polar surface area (TPSA) is 144 Å². The Morgan fingerprint density at radius 1 is 1.18 bits per heavy atom. The Balaban J connectivity index is 1.45. The number of ether oxygens (including phenoxy) is 2. The fourth-order valence-electron chi connectivity index (χ4n) is 7.08. The molecule has 11 nitrogen and oxygen atoms in total. The van der Waals surface area contributed by atoms with E-state index in [0.717, 1.165) is 69.5 Å². The average molecular weight is 551 g/mol. The van der Waals surface area contributed by atoms with Gasteiger partial charge in [0.2, 0.25) is 11.8 Å². The molecule has 1 amide bonds. The number of amides is 1. The predicted octanol–water partition coefficient (Wildman–Crippen LogP) is 4.60. The van der Waals surface area contributed by atoms with Crippen LogP contribution in [0.5, 0.6) is 0 Å². The van der Waals surface area contributed by atoms with E-state index in [1.807, 2.05) is 0 Å². The van der Waals surface area contributed by atoms with Crippen LogP contribution in [0.4, 0.5) is 16.6 Å². The quantitative estimate of drug-likeness (QED) is 0.246. The van der Waals surface area contributed by atoms with Gasteiger partial charge < -0.3 is 30.0 Å². The van der Waals surface area contributed by atoms with E-state index in [-0.39, 0.29) is 24.0 Å². The maximum Gasteiger partial charge on any atom is 0.411 e. The van der Waals surface area contributed by atoms with Crippen LogP contribution in [0.1, 0.15) is 77.0 Å². The Kier molecular flexibility index (Phi) is 7.65. The summed E-state index contributed by atoms with van der Waals surface area (Å²) in [6.07, 6.45) is 12.8. The van der Waals surface area contributed by atoms with Gasteiger partial charge in [0.1, 0.15) is 5.52 Å². The van der Waals surface area contributed by atoms with E-state index < -0.39 is 12.0 Å². The maximum absolute atomic E-state index is 11.4. The van der Waals surface area contributed by atoms with E-state index in [4.69, 9.17) is 30.6 Å². The van der Waals surface area contributed by atoms with Crippen LogP contribution < -0.4 is 16.0 Å². The minimum Gasteiger partial charge on any atom is -0.388 e. The number of nitrogens with two attached hydrogens (primary N) is 1. The van der Waals surface area contributed by atoms with Crippen LogP contribution in [-0.4, -0.2) is 62.8 Å². The van der Waals surface area contributed by atoms with Crippen molar-refractivity contribution in [3.8, 4) is 0 Å². The molecule has 0 spiro atoms. The number of nitrogens with one attached hydrogen (secondary N) is 2. The first-order valence-electron chi connectivity index (χ1n) is 15.0. The monoisotopic (exact) mass is 550 g/mol. The minimum atomic E-state index is -1.06. The Hall–Kier alpha value is -3.21. The Morgan fingerprint density at radius 3 is 2.65 bits per heavy atom. The van der Waals surface area contributed by atoms with Crippen LogP contribution in [0.3, 0.4) is 0 Å². The van der Waals surface area contributed by atoms with E-state index in [1.165, 1.54) is 19.3 Å². The van der Waals surface area contributed by atoms with Gasteiger partial charge in [-0.25, -0.2) is 14.8 Å². The van der Waals surface area contributed by atoms with E-state index in [0.29, 0.717) is 35.8 Å². The highest BCUT2D eigenvalue weighted by Crippen LogP contribution is 2.39. The van der Waals surface area contributed by atoms with Crippen molar-refractivity contribution in [1.82, 2.24) is 19.5 Å². The van der Waals surface area contributed by atoms with Gasteiger partial charge in [-0.05, 0) is 82.5 Å². The molecule has 6 rings (SSSR count). The summed E-state index contributed by atoms with van der Waals surface area (Å²) < 4.78 is 13.3. The van der Waals surface area contributed by atoms with Crippen molar-refractivity contribution in [3.05, 3.63) is 18.5 Å². The van der Waals surface area contributed by atoms with Gasteiger partial charge in [-0.1, -0.05) is 12.5 Å². The largest absolute Gasteiger partial charge is 0.411 e. The average Bonchev–Trinajstić information content (AvgIpc) is 3.52. The second-order valence-electron chi connectivity index (χ2n) is 12.1. The summed E-state index contributed by atoms with van der Waals surface area (Å²) in [5, 5.41) is 12.0. The Bertz CT molecular complexity index is 1270. The van der Waals surface area contributed by atoms with Crippen LogP contribution >= 0.6 is 0 Å². The molecule has 1 aliphatic heterocycles. The highest BCUT2D eigenvalue weighted by Gasteiger charge is 2.39. The van der Waals surface area contributed by atoms with Crippen molar-refractivity contribution in [1.29, 1.82) is 5.41 Å². The molecule has 40 heavy (non-hydrogen) atoms. The molecule has 4 N–H and O–H groups in total. The summed E-state index contributed by atoms with van der Waals surface area (Å²) in [4.78, 5) is 28.4. The molecule has 3 saturated carbocycles. The fourth-order valence-corrected chi connectivity index (χ4v) is 7.08. The number of carbonyl (C=O) groups is 1. The summed E-state index contributed by atoms with van der Waals surface area (Å²) in [6.45, 7) is 8.48. The summed E-state index contributed by atoms with van der Waals surface area (Å²) >= 11 is 0. The van der Waals surface area contributed by atoms with Crippen molar-refractivity contribution in [2.75, 3.05) is 23.4 Å². The molecule has 3 atom stereocenters. The normalized spacial score (nSPS) is 27.6. The molecular weight excluding hydrogens is 508 g/mol. The zero-order valence-corrected chi connectivity index (χ0v) is 23.5. The highest BCUT2D eigenvalue weighted by molar-refractivity contribution is 5.98. The van der Waals surface area contributed by atoms with Gasteiger partial charge in [0.05, 0.1) is 18.8 Å². The molecule has 0 radical (unpaired) electrons. The fraction of sp³-hybridized carbons (Fsp3) is 0.690. The van der Waals surface area contributed by atoms with Crippen molar-refractivity contribution >= 4 is 34.9 Å². The number of allylic oxidation sites excluding steroid dienone is 1. The van der Waals surface area contributed by atoms with Crippen molar-refractivity contribution < 1.29 is 14.3 Å². The van der Waals surface area contributed by atoms with Gasteiger partial charge in [-0.2, -0.15) is 4.98 Å². The number of carbonyl (C=O) groups excluding carboxylic acids is 1. The molecule has 11 heteroatoms. The molecule has 2 aromatic heterocycles. The molecule has 3 unspecified atom stereocenters. The molecule has 4 fully saturated rings. The summed E-state index contributed by atoms with van der Waals surface area (Å²) in [5.74, 6) is 2.73. The number of hydrogen-bond acceptors (Lipinski definition) is 9. The number of aromatic nitrogens is 4. The number of hydrogen-bond donors (Lipinski definition) is 3. The highest BCUT2D eigenvalue weighted by atomic mass is 16.6. The first-order chi connectivity index (χ1) is 19.4. The number of anilines is 2. The SMILES string of the molecule is C=CC1CCC(Cn2c(N3CCOC4CCCC43)nc3nc(C(=N)OC(N)=O)nc(NC(C)C4CCC4)c32)CC1. The van der Waals surface area contributed by atoms with Crippen LogP contribution in [-0.2, 0) is 16.0 Å². The number of primary amides is 1. The molecule has 1 saturated heterocycles. The number of fused-ring (bicyclic) bond motifs is 2. The van der Waals surface area contributed by atoms with Crippen molar-refractivity contribution in [3.63, 3.8) is 0 Å². The van der Waals surface area contributed by atoms with E-state index in [1.54, 1.807) is 0 Å². The molecule has 0 bridgehead atoms. The van der Waals surface area contributed by atoms with Gasteiger partial charge in [0, 0.05) is 19.1 Å². The smallest absolute Gasteiger partial charge is 0.388 e. The van der Waals surface area contributed by atoms with Gasteiger partial charge in [-0.15, -0.1) is 6.58 Å². The van der Waals surface area contributed by atoms with Gasteiger partial charge in [0.15, 0.2) is 11.5 Å². The second kappa shape index (κ2) is 11.3. The maximum atomic E-state index is 11.4. The van der Waals surface area contributed by atoms with Gasteiger partial charge in [0.25, 0.3) is 5.90 Å². The predicted molar refractivity (Wildman–Crippen MR) is 154 cm³/mol. The standard InChI is InChI=1S/C29H42N8O3/c1-3-18-10-12-19(13-11-18)16-37-23-25(32-17(2)20-6-4-7-20)33-27(24(30)40-28(31)38)34-26(23)35-29(37)36-14-15-39-22-9-5-8-21(22)36/h3,17-22,30H,1,4-16H2,2H3,(H2,31,38)(H,32,33,34). The van der Waals surface area contributed by atoms with E-state index in [9.17, 15) is 4.79 Å². The third-order valence-corrected chi connectivity index (χ3v) is 9.61. The molecule has 2 aromatic rings. The molecule has 0 aromatic carbocycles. The van der Waals surface area contributed by atoms with E-state index in [2.05, 4.69) is 39.3 Å². The Labute approximate surface area is 235 Å². The summed E-state index contributed by atoms with van der Waals surface area (Å²) in [5.41, 5.74) is 6.56. The molecule has 3 aliphatic carbocycles. The molecular formula is C29H42N8O3. The number of rotatable bonds is 8. The molecule has 4 aliphatic rings. The first kappa shape index (κ1) is 27.0. The minimum absolute atomic E-state index is 0.00183. The first-order valence-corrected chi connectivity index (χ1v) is 15.0. The number of imidazole rings is 1. The lowest BCUT2D eigenvalue weighted by Gasteiger charge is -2.39. The van der Waals surface area contributed by atoms with Crippen LogP contribution in [0.25, 0.3) is 11.2 Å². The molecule has 216 valence electrons. The van der Waals surface area contributed by atoms with Crippen molar-refractivity contribution in [2.24, 2.45) is 23.5 Å². The summed E-state index contributed by atoms with van der Waals surface area (Å²) in [6, 6.07) is 0.485. The second-order valence-corrected chi connectivity index (χ2v) is 12.1. The van der Waals surface area contributed by atoms with E-state index >= 15 is 0 Å². The Morgan fingerprint density at radius 2 is 1.95 bits per heavy atom. The van der Waals surface area contributed by atoms with Crippen LogP contribution in [0.15, 0.2) is 12.7 Å². The van der Waals surface area contributed by atoms with Crippen LogP contribution in [0, 0.1) is 23.2 Å². The third-order valence-electron chi connectivity index (χ3n) is 9.61. The lowest BCUT2D eigenvalue weighted by molar-refractivity contribution is 0.0247. The third kappa shape index (κ3) is 5.27. The zero-order chi connectivity index (χ0) is 27.8. The van der Waals surface area contributed by atoms with Gasteiger partial charge in [-0.3, -0.25) is 5.41 Å². The lowest BCUT2D eigenvalue weighted by atomic mass is 9.80. The lowest BCUT2D eigenvalue weighted by Crippen LogP contribution is -2.49. The molecule has 3 heterocycles. The number of nitrogens with zero attached hydrogens (tertiary/aromatic N) is 5. The zero-order valence-electron chi connectivity index (χ0n) is 23.5. The van der Waals surface area contributed by atoms with Crippen molar-refractivity contribution in [2.45, 2.75) is 95.9 Å². The summed E-state index contributed by atoms with van der Waals surface area (Å²) in [7, 11) is 0. The number of morpholine rings is 1.